The van der Waals surface area contributed by atoms with Crippen LogP contribution >= 0.6 is 0 Å². The van der Waals surface area contributed by atoms with Crippen molar-refractivity contribution < 1.29 is 33.4 Å². The molecule has 1 N–H and O–H groups in total. The number of esters is 1. The molecule has 33 heavy (non-hydrogen) atoms. The minimum Gasteiger partial charge on any atom is -0.459 e. The number of carbonyl (C=O) groups is 4. The second kappa shape index (κ2) is 10.2. The Labute approximate surface area is 197 Å². The van der Waals surface area contributed by atoms with Gasteiger partial charge in [0.2, 0.25) is 5.91 Å². The van der Waals surface area contributed by atoms with Gasteiger partial charge in [0.15, 0.2) is 0 Å². The van der Waals surface area contributed by atoms with Gasteiger partial charge in [-0.1, -0.05) is 34.6 Å². The Morgan fingerprint density at radius 3 is 2.15 bits per heavy atom. The molecular formula is C25H41NO7. The van der Waals surface area contributed by atoms with Crippen LogP contribution < -0.4 is 5.32 Å². The van der Waals surface area contributed by atoms with Crippen LogP contribution in [0, 0.1) is 29.6 Å². The zero-order chi connectivity index (χ0) is 25.3. The summed E-state index contributed by atoms with van der Waals surface area (Å²) in [5.41, 5.74) is -1.89. The number of fused-ring (bicyclic) bond motifs is 1. The number of rotatable bonds is 2. The first-order chi connectivity index (χ1) is 15.2. The Kier molecular flexibility index (Phi) is 8.50. The Morgan fingerprint density at radius 2 is 1.61 bits per heavy atom. The zero-order valence-corrected chi connectivity index (χ0v) is 21.5. The third-order valence-corrected chi connectivity index (χ3v) is 8.27. The van der Waals surface area contributed by atoms with Crippen molar-refractivity contribution in [3.8, 4) is 0 Å². The van der Waals surface area contributed by atoms with Crippen LogP contribution in [-0.4, -0.2) is 60.5 Å². The average Bonchev–Trinajstić information content (AvgIpc) is 2.79. The highest BCUT2D eigenvalue weighted by molar-refractivity contribution is 6.00. The minimum absolute atomic E-state index is 0.0434. The lowest BCUT2D eigenvalue weighted by atomic mass is 9.70. The van der Waals surface area contributed by atoms with Gasteiger partial charge in [0, 0.05) is 24.9 Å². The number of morpholine rings is 1. The zero-order valence-electron chi connectivity index (χ0n) is 21.5. The fourth-order valence-corrected chi connectivity index (χ4v) is 5.49. The molecule has 188 valence electrons. The van der Waals surface area contributed by atoms with Crippen LogP contribution in [0.15, 0.2) is 0 Å². The summed E-state index contributed by atoms with van der Waals surface area (Å²) in [4.78, 5) is 52.0. The lowest BCUT2D eigenvalue weighted by Gasteiger charge is -2.48. The summed E-state index contributed by atoms with van der Waals surface area (Å²) in [6.07, 6.45) is 0.0655. The number of Topliss-reactive ketones (excluding diaryl/α,β-unsaturated/α-hetero) is 2. The van der Waals surface area contributed by atoms with E-state index in [1.165, 1.54) is 0 Å². The van der Waals surface area contributed by atoms with Gasteiger partial charge in [-0.15, -0.1) is 0 Å². The molecular weight excluding hydrogens is 426 g/mol. The van der Waals surface area contributed by atoms with E-state index in [1.54, 1.807) is 34.8 Å². The first-order valence-electron chi connectivity index (χ1n) is 12.0. The number of hydrogen-bond donors (Lipinski definition) is 1. The molecule has 1 amide bonds. The molecule has 0 bridgehead atoms. The van der Waals surface area contributed by atoms with Gasteiger partial charge in [0.1, 0.15) is 35.8 Å². The van der Waals surface area contributed by atoms with E-state index in [2.05, 4.69) is 5.32 Å². The topological polar surface area (TPSA) is 108 Å². The fourth-order valence-electron chi connectivity index (χ4n) is 5.49. The van der Waals surface area contributed by atoms with E-state index in [1.807, 2.05) is 27.7 Å². The molecule has 8 nitrogen and oxygen atoms in total. The lowest BCUT2D eigenvalue weighted by molar-refractivity contribution is -0.197. The molecule has 2 rings (SSSR count). The predicted molar refractivity (Wildman–Crippen MR) is 122 cm³/mol. The van der Waals surface area contributed by atoms with Gasteiger partial charge in [0.25, 0.3) is 0 Å². The minimum atomic E-state index is -1.12. The van der Waals surface area contributed by atoms with Crippen molar-refractivity contribution in [2.24, 2.45) is 29.6 Å². The third kappa shape index (κ3) is 5.16. The molecule has 2 fully saturated rings. The molecule has 0 saturated carbocycles. The van der Waals surface area contributed by atoms with Crippen LogP contribution in [0.3, 0.4) is 0 Å². The molecule has 0 aliphatic carbocycles. The first kappa shape index (κ1) is 27.4. The maximum Gasteiger partial charge on any atom is 0.316 e. The van der Waals surface area contributed by atoms with Gasteiger partial charge >= 0.3 is 5.97 Å². The molecule has 0 unspecified atom stereocenters. The summed E-state index contributed by atoms with van der Waals surface area (Å²) in [5, 5.41) is 2.91. The van der Waals surface area contributed by atoms with E-state index < -0.39 is 47.1 Å². The highest BCUT2D eigenvalue weighted by Crippen LogP contribution is 2.39. The van der Waals surface area contributed by atoms with Crippen molar-refractivity contribution in [3.63, 3.8) is 0 Å². The molecule has 8 heteroatoms. The van der Waals surface area contributed by atoms with Crippen molar-refractivity contribution in [1.82, 2.24) is 5.32 Å². The molecule has 2 saturated heterocycles. The second-order valence-electron chi connectivity index (χ2n) is 10.4. The highest BCUT2D eigenvalue weighted by atomic mass is 16.6. The van der Waals surface area contributed by atoms with E-state index in [4.69, 9.17) is 14.2 Å². The molecule has 2 heterocycles. The average molecular weight is 468 g/mol. The van der Waals surface area contributed by atoms with Crippen molar-refractivity contribution in [1.29, 1.82) is 0 Å². The van der Waals surface area contributed by atoms with Gasteiger partial charge in [-0.3, -0.25) is 19.2 Å². The highest BCUT2D eigenvalue weighted by Gasteiger charge is 2.53. The van der Waals surface area contributed by atoms with Crippen molar-refractivity contribution in [3.05, 3.63) is 0 Å². The van der Waals surface area contributed by atoms with Crippen LogP contribution in [0.4, 0.5) is 0 Å². The van der Waals surface area contributed by atoms with Gasteiger partial charge in [-0.05, 0) is 39.5 Å². The second-order valence-corrected chi connectivity index (χ2v) is 10.4. The summed E-state index contributed by atoms with van der Waals surface area (Å²) in [6.45, 7) is 14.2. The van der Waals surface area contributed by atoms with Crippen LogP contribution in [0.5, 0.6) is 0 Å². The molecule has 2 aliphatic rings. The standard InChI is InChI=1S/C25H41NO7/c1-10-18-25(8)22(26-19(27)12-32-25)15(4)20(28)13(2)11-24(7,31-9)17(6)14(3)21(29)16(5)23(30)33-18/h13-18,22H,10-12H2,1-9H3,(H,26,27)/t13-,14-,15+,16-,17-,18-,22-,24-,25-/m1/s1. The normalized spacial score (nSPS) is 43.8. The van der Waals surface area contributed by atoms with E-state index in [-0.39, 0.29) is 35.9 Å². The number of nitrogens with one attached hydrogen (secondary N) is 1. The maximum absolute atomic E-state index is 13.5. The van der Waals surface area contributed by atoms with E-state index >= 15 is 0 Å². The summed E-state index contributed by atoms with van der Waals surface area (Å²) in [5.74, 6) is -3.88. The van der Waals surface area contributed by atoms with E-state index in [0.717, 1.165) is 0 Å². The van der Waals surface area contributed by atoms with Crippen LogP contribution in [0.2, 0.25) is 0 Å². The third-order valence-electron chi connectivity index (χ3n) is 8.27. The summed E-state index contributed by atoms with van der Waals surface area (Å²) < 4.78 is 17.6. The largest absolute Gasteiger partial charge is 0.459 e. The number of methoxy groups -OCH3 is 1. The smallest absolute Gasteiger partial charge is 0.316 e. The van der Waals surface area contributed by atoms with Gasteiger partial charge in [0.05, 0.1) is 11.6 Å². The van der Waals surface area contributed by atoms with E-state index in [0.29, 0.717) is 12.8 Å². The van der Waals surface area contributed by atoms with Crippen molar-refractivity contribution >= 4 is 23.4 Å². The number of amides is 1. The summed E-state index contributed by atoms with van der Waals surface area (Å²) in [7, 11) is 1.58. The molecule has 0 spiro atoms. The predicted octanol–water partition coefficient (Wildman–Crippen LogP) is 2.71. The van der Waals surface area contributed by atoms with Crippen LogP contribution in [-0.2, 0) is 33.4 Å². The van der Waals surface area contributed by atoms with Crippen LogP contribution in [0.25, 0.3) is 0 Å². The summed E-state index contributed by atoms with van der Waals surface area (Å²) >= 11 is 0. The molecule has 0 aromatic rings. The Balaban J connectivity index is 2.59. The monoisotopic (exact) mass is 467 g/mol. The number of ether oxygens (including phenoxy) is 3. The molecule has 0 aromatic carbocycles. The number of hydrogen-bond acceptors (Lipinski definition) is 7. The number of carbonyl (C=O) groups excluding carboxylic acids is 4. The Bertz CT molecular complexity index is 783. The lowest BCUT2D eigenvalue weighted by Crippen LogP contribution is -2.68. The molecule has 0 radical (unpaired) electrons. The fraction of sp³-hybridized carbons (Fsp3) is 0.840. The summed E-state index contributed by atoms with van der Waals surface area (Å²) in [6, 6.07) is -0.689. The van der Waals surface area contributed by atoms with Crippen molar-refractivity contribution in [2.75, 3.05) is 13.7 Å². The quantitative estimate of drug-likeness (QED) is 0.491. The molecule has 9 atom stereocenters. The Morgan fingerprint density at radius 1 is 1.00 bits per heavy atom. The molecule has 0 aromatic heterocycles. The Hall–Kier alpha value is -1.80. The first-order valence-corrected chi connectivity index (χ1v) is 12.0. The van der Waals surface area contributed by atoms with Gasteiger partial charge in [-0.25, -0.2) is 0 Å². The van der Waals surface area contributed by atoms with E-state index in [9.17, 15) is 19.2 Å². The van der Waals surface area contributed by atoms with Crippen LogP contribution in [0.1, 0.15) is 68.2 Å². The number of cyclic esters (lactones) is 1. The number of ketones is 2. The molecule has 2 aliphatic heterocycles. The maximum atomic E-state index is 13.5. The SMILES string of the molecule is CC[C@H]1OC(=O)[C@H](C)C(=O)[C@H](C)[C@@H](C)[C@](C)(OC)C[C@@H](C)C(=O)[C@H](C)[C@H]2NC(=O)CO[C@@]21C. The van der Waals surface area contributed by atoms with Gasteiger partial charge in [-0.2, -0.15) is 0 Å². The van der Waals surface area contributed by atoms with Crippen molar-refractivity contribution in [2.45, 2.75) is 91.6 Å². The van der Waals surface area contributed by atoms with Gasteiger partial charge < -0.3 is 19.5 Å².